The van der Waals surface area contributed by atoms with Gasteiger partial charge in [-0.1, -0.05) is 18.2 Å². The number of ether oxygens (including phenoxy) is 3. The summed E-state index contributed by atoms with van der Waals surface area (Å²) in [4.78, 5) is 25.3. The molecular formula is C21H23N3O5. The Balaban J connectivity index is 2.07. The molecule has 0 saturated heterocycles. The SMILES string of the molecule is COc1cc(OC)c([C@@H]2NC(=O)NC(C)=C2C(=O)Nc2ccccc2)cc1OC. The molecule has 1 aliphatic rings. The van der Waals surface area contributed by atoms with Crippen LogP contribution in [0, 0.1) is 0 Å². The molecule has 1 heterocycles. The molecule has 0 unspecified atom stereocenters. The molecule has 3 amide bonds. The van der Waals surface area contributed by atoms with E-state index in [0.717, 1.165) is 0 Å². The molecule has 0 spiro atoms. The Morgan fingerprint density at radius 3 is 2.21 bits per heavy atom. The monoisotopic (exact) mass is 397 g/mol. The van der Waals surface area contributed by atoms with E-state index in [0.29, 0.717) is 39.8 Å². The van der Waals surface area contributed by atoms with Gasteiger partial charge in [0.15, 0.2) is 11.5 Å². The van der Waals surface area contributed by atoms with Crippen LogP contribution in [0.5, 0.6) is 17.2 Å². The van der Waals surface area contributed by atoms with Crippen LogP contribution >= 0.6 is 0 Å². The summed E-state index contributed by atoms with van der Waals surface area (Å²) in [6.07, 6.45) is 0. The van der Waals surface area contributed by atoms with Crippen molar-refractivity contribution in [3.05, 3.63) is 59.3 Å². The van der Waals surface area contributed by atoms with Crippen LogP contribution in [0.25, 0.3) is 0 Å². The van der Waals surface area contributed by atoms with E-state index in [-0.39, 0.29) is 5.91 Å². The minimum atomic E-state index is -0.748. The summed E-state index contributed by atoms with van der Waals surface area (Å²) in [5, 5.41) is 8.32. The van der Waals surface area contributed by atoms with Crippen LogP contribution in [0.1, 0.15) is 18.5 Å². The standard InChI is InChI=1S/C21H23N3O5/c1-12-18(20(25)23-13-8-6-5-7-9-13)19(24-21(26)22-12)14-10-16(28-3)17(29-4)11-15(14)27-2/h5-11,19H,1-4H3,(H,23,25)(H2,22,24,26)/t19-/m0/s1. The normalized spacial score (nSPS) is 15.9. The number of anilines is 1. The Kier molecular flexibility index (Phi) is 5.92. The van der Waals surface area contributed by atoms with Gasteiger partial charge in [-0.25, -0.2) is 4.79 Å². The van der Waals surface area contributed by atoms with Gasteiger partial charge in [0.1, 0.15) is 5.75 Å². The fourth-order valence-electron chi connectivity index (χ4n) is 3.23. The molecule has 2 aromatic carbocycles. The molecule has 0 aliphatic carbocycles. The third-order valence-corrected chi connectivity index (χ3v) is 4.59. The van der Waals surface area contributed by atoms with Gasteiger partial charge in [0, 0.05) is 23.0 Å². The van der Waals surface area contributed by atoms with Crippen molar-refractivity contribution in [2.75, 3.05) is 26.6 Å². The third-order valence-electron chi connectivity index (χ3n) is 4.59. The van der Waals surface area contributed by atoms with Gasteiger partial charge in [0.2, 0.25) is 0 Å². The number of para-hydroxylation sites is 1. The lowest BCUT2D eigenvalue weighted by Crippen LogP contribution is -2.46. The van der Waals surface area contributed by atoms with E-state index < -0.39 is 12.1 Å². The summed E-state index contributed by atoms with van der Waals surface area (Å²) in [7, 11) is 4.54. The molecule has 0 saturated carbocycles. The molecule has 0 bridgehead atoms. The minimum absolute atomic E-state index is 0.344. The highest BCUT2D eigenvalue weighted by Gasteiger charge is 2.34. The first kappa shape index (κ1) is 20.1. The maximum Gasteiger partial charge on any atom is 0.319 e. The Labute approximate surface area is 168 Å². The molecule has 8 heteroatoms. The highest BCUT2D eigenvalue weighted by molar-refractivity contribution is 6.06. The van der Waals surface area contributed by atoms with Crippen LogP contribution in [0.4, 0.5) is 10.5 Å². The summed E-state index contributed by atoms with van der Waals surface area (Å²) in [6, 6.07) is 11.3. The number of allylic oxidation sites excluding steroid dienone is 1. The number of carbonyl (C=O) groups is 2. The Morgan fingerprint density at radius 1 is 0.966 bits per heavy atom. The van der Waals surface area contributed by atoms with E-state index in [9.17, 15) is 9.59 Å². The Hall–Kier alpha value is -3.68. The second-order valence-electron chi connectivity index (χ2n) is 6.34. The van der Waals surface area contributed by atoms with Crippen molar-refractivity contribution in [1.82, 2.24) is 10.6 Å². The number of nitrogens with one attached hydrogen (secondary N) is 3. The quantitative estimate of drug-likeness (QED) is 0.696. The van der Waals surface area contributed by atoms with E-state index in [2.05, 4.69) is 16.0 Å². The van der Waals surface area contributed by atoms with Crippen molar-refractivity contribution in [3.8, 4) is 17.2 Å². The van der Waals surface area contributed by atoms with Crippen molar-refractivity contribution in [3.63, 3.8) is 0 Å². The maximum atomic E-state index is 13.1. The smallest absolute Gasteiger partial charge is 0.319 e. The maximum absolute atomic E-state index is 13.1. The lowest BCUT2D eigenvalue weighted by Gasteiger charge is -2.30. The van der Waals surface area contributed by atoms with Crippen LogP contribution in [0.15, 0.2) is 53.7 Å². The first-order chi connectivity index (χ1) is 14.0. The molecule has 0 radical (unpaired) electrons. The van der Waals surface area contributed by atoms with Crippen molar-refractivity contribution in [2.24, 2.45) is 0 Å². The average Bonchev–Trinajstić information content (AvgIpc) is 2.72. The van der Waals surface area contributed by atoms with Gasteiger partial charge in [-0.05, 0) is 25.1 Å². The van der Waals surface area contributed by atoms with Gasteiger partial charge in [0.05, 0.1) is 32.9 Å². The summed E-state index contributed by atoms with van der Waals surface area (Å²) in [5.74, 6) is 1.04. The number of hydrogen-bond donors (Lipinski definition) is 3. The minimum Gasteiger partial charge on any atom is -0.496 e. The summed E-state index contributed by atoms with van der Waals surface area (Å²) < 4.78 is 16.2. The van der Waals surface area contributed by atoms with Crippen LogP contribution in [0.2, 0.25) is 0 Å². The molecule has 2 aromatic rings. The van der Waals surface area contributed by atoms with Crippen molar-refractivity contribution >= 4 is 17.6 Å². The van der Waals surface area contributed by atoms with Crippen LogP contribution in [0.3, 0.4) is 0 Å². The number of methoxy groups -OCH3 is 3. The molecule has 3 N–H and O–H groups in total. The van der Waals surface area contributed by atoms with E-state index >= 15 is 0 Å². The molecule has 3 rings (SSSR count). The topological polar surface area (TPSA) is 97.9 Å². The molecule has 1 atom stereocenters. The van der Waals surface area contributed by atoms with E-state index in [1.54, 1.807) is 31.2 Å². The lowest BCUT2D eigenvalue weighted by atomic mass is 9.93. The summed E-state index contributed by atoms with van der Waals surface area (Å²) >= 11 is 0. The van der Waals surface area contributed by atoms with E-state index in [4.69, 9.17) is 14.2 Å². The van der Waals surface area contributed by atoms with Crippen LogP contribution in [-0.4, -0.2) is 33.3 Å². The zero-order chi connectivity index (χ0) is 21.0. The molecule has 8 nitrogen and oxygen atoms in total. The van der Waals surface area contributed by atoms with E-state index in [1.807, 2.05) is 18.2 Å². The predicted molar refractivity (Wildman–Crippen MR) is 108 cm³/mol. The molecule has 0 fully saturated rings. The number of carbonyl (C=O) groups excluding carboxylic acids is 2. The van der Waals surface area contributed by atoms with Gasteiger partial charge < -0.3 is 30.2 Å². The molecule has 152 valence electrons. The van der Waals surface area contributed by atoms with Crippen LogP contribution in [-0.2, 0) is 4.79 Å². The lowest BCUT2D eigenvalue weighted by molar-refractivity contribution is -0.113. The second kappa shape index (κ2) is 8.55. The molecule has 1 aliphatic heterocycles. The third kappa shape index (κ3) is 4.11. The van der Waals surface area contributed by atoms with E-state index in [1.165, 1.54) is 21.3 Å². The van der Waals surface area contributed by atoms with Gasteiger partial charge in [0.25, 0.3) is 5.91 Å². The Bertz CT molecular complexity index is 956. The van der Waals surface area contributed by atoms with Gasteiger partial charge in [-0.2, -0.15) is 0 Å². The first-order valence-electron chi connectivity index (χ1n) is 8.93. The zero-order valence-corrected chi connectivity index (χ0v) is 16.7. The molecular weight excluding hydrogens is 374 g/mol. The predicted octanol–water partition coefficient (Wildman–Crippen LogP) is 2.98. The van der Waals surface area contributed by atoms with Crippen molar-refractivity contribution < 1.29 is 23.8 Å². The number of amides is 3. The molecule has 0 aromatic heterocycles. The second-order valence-corrected chi connectivity index (χ2v) is 6.34. The summed E-state index contributed by atoms with van der Waals surface area (Å²) in [5.41, 5.74) is 2.02. The van der Waals surface area contributed by atoms with Gasteiger partial charge in [-0.3, -0.25) is 4.79 Å². The average molecular weight is 397 g/mol. The van der Waals surface area contributed by atoms with Gasteiger partial charge >= 0.3 is 6.03 Å². The highest BCUT2D eigenvalue weighted by Crippen LogP contribution is 2.40. The number of hydrogen-bond acceptors (Lipinski definition) is 5. The zero-order valence-electron chi connectivity index (χ0n) is 16.7. The molecule has 29 heavy (non-hydrogen) atoms. The Morgan fingerprint density at radius 2 is 1.59 bits per heavy atom. The number of benzene rings is 2. The van der Waals surface area contributed by atoms with Crippen molar-refractivity contribution in [2.45, 2.75) is 13.0 Å². The number of urea groups is 1. The van der Waals surface area contributed by atoms with Crippen LogP contribution < -0.4 is 30.2 Å². The van der Waals surface area contributed by atoms with Crippen molar-refractivity contribution in [1.29, 1.82) is 0 Å². The first-order valence-corrected chi connectivity index (χ1v) is 8.93. The summed E-state index contributed by atoms with van der Waals surface area (Å²) in [6.45, 7) is 1.68. The fraction of sp³-hybridized carbons (Fsp3) is 0.238. The number of rotatable bonds is 6. The highest BCUT2D eigenvalue weighted by atomic mass is 16.5. The van der Waals surface area contributed by atoms with Gasteiger partial charge in [-0.15, -0.1) is 0 Å². The fourth-order valence-corrected chi connectivity index (χ4v) is 3.23. The largest absolute Gasteiger partial charge is 0.496 e.